The van der Waals surface area contributed by atoms with E-state index in [1.807, 2.05) is 11.8 Å². The van der Waals surface area contributed by atoms with Crippen molar-refractivity contribution in [3.05, 3.63) is 210 Å². The molecule has 4 heterocycles. The Hall–Kier alpha value is -6.62. The summed E-state index contributed by atoms with van der Waals surface area (Å²) in [5.74, 6) is 0.941. The van der Waals surface area contributed by atoms with E-state index in [0.717, 1.165) is 28.1 Å². The van der Waals surface area contributed by atoms with Crippen LogP contribution in [0.15, 0.2) is 198 Å². The van der Waals surface area contributed by atoms with Gasteiger partial charge in [-0.1, -0.05) is 151 Å². The molecule has 0 N–H and O–H groups in total. The molecule has 0 saturated carbocycles. The van der Waals surface area contributed by atoms with Crippen molar-refractivity contribution in [3.8, 4) is 33.9 Å². The van der Waals surface area contributed by atoms with Crippen LogP contribution in [0.25, 0.3) is 66.7 Å². The minimum atomic E-state index is -0.476. The van der Waals surface area contributed by atoms with E-state index in [0.29, 0.717) is 0 Å². The molecule has 1 atom stereocenters. The maximum atomic E-state index is 5.11. The first-order valence-corrected chi connectivity index (χ1v) is 19.3. The van der Waals surface area contributed by atoms with Crippen molar-refractivity contribution in [2.75, 3.05) is 0 Å². The van der Waals surface area contributed by atoms with Crippen LogP contribution in [0.1, 0.15) is 22.3 Å². The van der Waals surface area contributed by atoms with Crippen molar-refractivity contribution >= 4 is 44.6 Å². The Balaban J connectivity index is 1.05. The molecule has 0 amide bonds. The maximum Gasteiger partial charge on any atom is 0.145 e. The Morgan fingerprint density at radius 1 is 0.426 bits per heavy atom. The van der Waals surface area contributed by atoms with Gasteiger partial charge in [0.1, 0.15) is 5.82 Å². The fourth-order valence-electron chi connectivity index (χ4n) is 9.38. The molecule has 3 nitrogen and oxygen atoms in total. The summed E-state index contributed by atoms with van der Waals surface area (Å²) in [6.07, 6.45) is 0. The van der Waals surface area contributed by atoms with Gasteiger partial charge in [-0.25, -0.2) is 4.98 Å². The normalized spacial score (nSPS) is 15.4. The highest BCUT2D eigenvalue weighted by atomic mass is 32.2. The molecular formula is C50H31N3S. The first-order chi connectivity index (χ1) is 26.8. The highest BCUT2D eigenvalue weighted by Crippen LogP contribution is 2.60. The van der Waals surface area contributed by atoms with Gasteiger partial charge in [0.2, 0.25) is 0 Å². The molecule has 1 unspecified atom stereocenters. The monoisotopic (exact) mass is 705 g/mol. The molecule has 0 radical (unpaired) electrons. The molecular weight excluding hydrogens is 675 g/mol. The van der Waals surface area contributed by atoms with Crippen molar-refractivity contribution in [3.63, 3.8) is 0 Å². The maximum absolute atomic E-state index is 5.11. The molecule has 2 aliphatic rings. The third-order valence-electron chi connectivity index (χ3n) is 11.6. The number of para-hydroxylation sites is 6. The molecule has 54 heavy (non-hydrogen) atoms. The zero-order valence-corrected chi connectivity index (χ0v) is 30.0. The van der Waals surface area contributed by atoms with E-state index in [9.17, 15) is 0 Å². The zero-order valence-electron chi connectivity index (χ0n) is 29.1. The molecule has 1 spiro atoms. The van der Waals surface area contributed by atoms with Gasteiger partial charge in [-0.05, 0) is 81.9 Å². The molecule has 0 bridgehead atoms. The van der Waals surface area contributed by atoms with Gasteiger partial charge in [0.25, 0.3) is 0 Å². The highest BCUT2D eigenvalue weighted by Gasteiger charge is 2.49. The third kappa shape index (κ3) is 3.95. The molecule has 2 aliphatic heterocycles. The second-order valence-electron chi connectivity index (χ2n) is 14.3. The molecule has 252 valence electrons. The number of rotatable bonds is 3. The van der Waals surface area contributed by atoms with Gasteiger partial charge >= 0.3 is 0 Å². The molecule has 10 aromatic rings. The Morgan fingerprint density at radius 2 is 1.07 bits per heavy atom. The van der Waals surface area contributed by atoms with Crippen LogP contribution in [-0.2, 0) is 5.41 Å². The number of aromatic nitrogens is 3. The van der Waals surface area contributed by atoms with E-state index < -0.39 is 5.41 Å². The summed E-state index contributed by atoms with van der Waals surface area (Å²) in [4.78, 5) is 7.70. The van der Waals surface area contributed by atoms with Gasteiger partial charge in [0, 0.05) is 31.8 Å². The lowest BCUT2D eigenvalue weighted by Gasteiger charge is -2.45. The van der Waals surface area contributed by atoms with E-state index >= 15 is 0 Å². The first kappa shape index (κ1) is 29.9. The predicted molar refractivity (Wildman–Crippen MR) is 222 cm³/mol. The molecule has 0 fully saturated rings. The second kappa shape index (κ2) is 11.2. The first-order valence-electron chi connectivity index (χ1n) is 18.5. The smallest absolute Gasteiger partial charge is 0.145 e. The molecule has 12 rings (SSSR count). The summed E-state index contributed by atoms with van der Waals surface area (Å²) in [7, 11) is 0. The predicted octanol–water partition coefficient (Wildman–Crippen LogP) is 12.6. The van der Waals surface area contributed by atoms with Crippen LogP contribution in [0.2, 0.25) is 0 Å². The van der Waals surface area contributed by atoms with E-state index in [-0.39, 0.29) is 0 Å². The van der Waals surface area contributed by atoms with E-state index in [4.69, 9.17) is 4.98 Å². The second-order valence-corrected chi connectivity index (χ2v) is 15.4. The van der Waals surface area contributed by atoms with Crippen LogP contribution in [0, 0.1) is 0 Å². The van der Waals surface area contributed by atoms with Crippen molar-refractivity contribution in [2.45, 2.75) is 15.2 Å². The van der Waals surface area contributed by atoms with Crippen molar-refractivity contribution in [1.82, 2.24) is 14.1 Å². The Labute approximate surface area is 316 Å². The van der Waals surface area contributed by atoms with Gasteiger partial charge in [-0.15, -0.1) is 0 Å². The average molecular weight is 706 g/mol. The molecule has 0 aliphatic carbocycles. The number of hydrogen-bond donors (Lipinski definition) is 0. The van der Waals surface area contributed by atoms with Crippen molar-refractivity contribution in [2.24, 2.45) is 0 Å². The Morgan fingerprint density at radius 3 is 1.96 bits per heavy atom. The summed E-state index contributed by atoms with van der Waals surface area (Å²) in [6.45, 7) is 0. The van der Waals surface area contributed by atoms with Gasteiger partial charge in [-0.3, -0.25) is 4.57 Å². The number of hydrogen-bond acceptors (Lipinski definition) is 2. The zero-order chi connectivity index (χ0) is 35.4. The number of nitrogens with zero attached hydrogens (tertiary/aromatic N) is 3. The minimum absolute atomic E-state index is 0.476. The number of benzene rings is 8. The third-order valence-corrected chi connectivity index (χ3v) is 12.7. The van der Waals surface area contributed by atoms with Crippen molar-refractivity contribution < 1.29 is 0 Å². The molecule has 8 aromatic carbocycles. The van der Waals surface area contributed by atoms with Crippen LogP contribution in [0.3, 0.4) is 0 Å². The van der Waals surface area contributed by atoms with Gasteiger partial charge in [0.05, 0.1) is 33.2 Å². The highest BCUT2D eigenvalue weighted by molar-refractivity contribution is 7.99. The molecule has 4 heteroatoms. The van der Waals surface area contributed by atoms with Crippen LogP contribution in [0.5, 0.6) is 0 Å². The van der Waals surface area contributed by atoms with Crippen LogP contribution in [-0.4, -0.2) is 14.1 Å². The lowest BCUT2D eigenvalue weighted by Crippen LogP contribution is -2.37. The standard InChI is InChI=1S/C50H31N3S/c1-2-13-35(14-3-1)52-45-23-10-7-20-42(45)51-49(52)33-27-25-32(26-28-33)34-29-30-40-47(31-34)54-46-24-11-6-18-39(46)50(40)38-17-5-9-22-44(38)53-43-21-8-4-15-36(43)37-16-12-19-41(50)48(37)53/h1-31H. The quantitative estimate of drug-likeness (QED) is 0.183. The molecule has 2 aromatic heterocycles. The van der Waals surface area contributed by atoms with Gasteiger partial charge < -0.3 is 4.57 Å². The van der Waals surface area contributed by atoms with Crippen molar-refractivity contribution in [1.29, 1.82) is 0 Å². The lowest BCUT2D eigenvalue weighted by atomic mass is 9.62. The van der Waals surface area contributed by atoms with Crippen LogP contribution in [0.4, 0.5) is 0 Å². The average Bonchev–Trinajstić information content (AvgIpc) is 3.80. The fourth-order valence-corrected chi connectivity index (χ4v) is 10.6. The van der Waals surface area contributed by atoms with Crippen LogP contribution < -0.4 is 0 Å². The Bertz CT molecular complexity index is 3130. The van der Waals surface area contributed by atoms with Gasteiger partial charge in [0.15, 0.2) is 0 Å². The largest absolute Gasteiger partial charge is 0.309 e. The minimum Gasteiger partial charge on any atom is -0.309 e. The lowest BCUT2D eigenvalue weighted by molar-refractivity contribution is 0.690. The fraction of sp³-hybridized carbons (Fsp3) is 0.0200. The topological polar surface area (TPSA) is 22.8 Å². The van der Waals surface area contributed by atoms with E-state index in [1.54, 1.807) is 0 Å². The summed E-state index contributed by atoms with van der Waals surface area (Å²) < 4.78 is 4.77. The molecule has 0 saturated heterocycles. The van der Waals surface area contributed by atoms with Crippen LogP contribution >= 0.6 is 11.8 Å². The summed E-state index contributed by atoms with van der Waals surface area (Å²) in [5.41, 5.74) is 15.3. The Kier molecular flexibility index (Phi) is 6.20. The van der Waals surface area contributed by atoms with E-state index in [1.165, 1.54) is 70.7 Å². The van der Waals surface area contributed by atoms with E-state index in [2.05, 4.69) is 197 Å². The SMILES string of the molecule is c1ccc(-n2c(-c3ccc(-c4ccc5c(c4)Sc4ccccc4C54c5ccccc5-n5c6ccccc6c6cccc4c65)cc3)nc3ccccc32)cc1. The summed E-state index contributed by atoms with van der Waals surface area (Å²) in [5, 5.41) is 2.59. The number of imidazole rings is 1. The summed E-state index contributed by atoms with van der Waals surface area (Å²) >= 11 is 1.89. The van der Waals surface area contributed by atoms with Gasteiger partial charge in [-0.2, -0.15) is 0 Å². The number of fused-ring (bicyclic) bond motifs is 12. The summed E-state index contributed by atoms with van der Waals surface area (Å²) in [6, 6.07) is 68.9.